The summed E-state index contributed by atoms with van der Waals surface area (Å²) in [5, 5.41) is 13.0. The Morgan fingerprint density at radius 2 is 2.35 bits per heavy atom. The van der Waals surface area contributed by atoms with Gasteiger partial charge in [-0.05, 0) is 11.4 Å². The highest BCUT2D eigenvalue weighted by atomic mass is 32.1. The molecule has 0 fully saturated rings. The maximum absolute atomic E-state index is 11.7. The molecule has 3 aromatic heterocycles. The predicted octanol–water partition coefficient (Wildman–Crippen LogP) is 1.39. The van der Waals surface area contributed by atoms with E-state index in [1.807, 2.05) is 11.4 Å². The Kier molecular flexibility index (Phi) is 4.79. The van der Waals surface area contributed by atoms with Gasteiger partial charge < -0.3 is 15.4 Å². The number of fused-ring (bicyclic) bond motifs is 1. The fraction of sp³-hybridized carbons (Fsp3) is 0.286. The van der Waals surface area contributed by atoms with Gasteiger partial charge in [0.2, 0.25) is 5.91 Å². The molecule has 0 aliphatic heterocycles. The number of aromatic nitrogens is 4. The van der Waals surface area contributed by atoms with Gasteiger partial charge in [-0.3, -0.25) is 9.48 Å². The molecule has 0 atom stereocenters. The largest absolute Gasteiger partial charge is 0.383 e. The molecule has 2 N–H and O–H groups in total. The molecule has 3 heterocycles. The maximum Gasteiger partial charge on any atom is 0.241 e. The van der Waals surface area contributed by atoms with Crippen LogP contribution >= 0.6 is 11.3 Å². The van der Waals surface area contributed by atoms with Crippen molar-refractivity contribution in [2.75, 3.05) is 25.6 Å². The Labute approximate surface area is 136 Å². The summed E-state index contributed by atoms with van der Waals surface area (Å²) in [5.41, 5.74) is 0.765. The number of amides is 1. The number of nitrogens with zero attached hydrogens (tertiary/aromatic N) is 4. The van der Waals surface area contributed by atoms with Crippen molar-refractivity contribution in [2.24, 2.45) is 0 Å². The van der Waals surface area contributed by atoms with Gasteiger partial charge in [0.1, 0.15) is 23.5 Å². The number of ether oxygens (including phenoxy) is 1. The van der Waals surface area contributed by atoms with Gasteiger partial charge in [0, 0.05) is 19.9 Å². The van der Waals surface area contributed by atoms with Gasteiger partial charge in [-0.1, -0.05) is 0 Å². The number of hydrogen-bond donors (Lipinski definition) is 2. The molecule has 3 aromatic rings. The van der Waals surface area contributed by atoms with Gasteiger partial charge in [0.05, 0.1) is 23.9 Å². The molecule has 0 radical (unpaired) electrons. The molecular weight excluding hydrogens is 316 g/mol. The van der Waals surface area contributed by atoms with Crippen LogP contribution in [0, 0.1) is 0 Å². The minimum atomic E-state index is -0.112. The summed E-state index contributed by atoms with van der Waals surface area (Å²) in [6, 6.07) is 1.97. The molecule has 0 bridgehead atoms. The molecule has 8 nitrogen and oxygen atoms in total. The van der Waals surface area contributed by atoms with Crippen LogP contribution in [0.25, 0.3) is 10.2 Å². The highest BCUT2D eigenvalue weighted by molar-refractivity contribution is 7.16. The van der Waals surface area contributed by atoms with Crippen molar-refractivity contribution in [3.8, 4) is 0 Å². The molecule has 1 amide bonds. The highest BCUT2D eigenvalue weighted by Gasteiger charge is 2.08. The van der Waals surface area contributed by atoms with Crippen LogP contribution in [-0.2, 0) is 16.1 Å². The van der Waals surface area contributed by atoms with Crippen LogP contribution in [0.4, 0.5) is 11.5 Å². The Bertz CT molecular complexity index is 799. The number of thiophene rings is 1. The summed E-state index contributed by atoms with van der Waals surface area (Å²) in [5.74, 6) is 0.610. The van der Waals surface area contributed by atoms with E-state index in [1.165, 1.54) is 6.33 Å². The lowest BCUT2D eigenvalue weighted by Gasteiger charge is -2.04. The van der Waals surface area contributed by atoms with E-state index < -0.39 is 0 Å². The molecule has 0 aliphatic rings. The first-order valence-corrected chi connectivity index (χ1v) is 7.87. The molecule has 0 aromatic carbocycles. The Morgan fingerprint density at radius 3 is 3.22 bits per heavy atom. The second-order valence-corrected chi connectivity index (χ2v) is 5.65. The third-order valence-electron chi connectivity index (χ3n) is 3.09. The van der Waals surface area contributed by atoms with Crippen LogP contribution in [0.15, 0.2) is 30.2 Å². The van der Waals surface area contributed by atoms with Gasteiger partial charge in [-0.25, -0.2) is 9.97 Å². The minimum Gasteiger partial charge on any atom is -0.383 e. The van der Waals surface area contributed by atoms with E-state index in [1.54, 1.807) is 35.5 Å². The van der Waals surface area contributed by atoms with Crippen LogP contribution in [0.3, 0.4) is 0 Å². The van der Waals surface area contributed by atoms with Crippen molar-refractivity contribution in [1.82, 2.24) is 25.1 Å². The standard InChI is InChI=1S/C14H16N6O2S/c1-22-4-3-15-12(21)8-20-7-10(6-18-20)19-13-11-2-5-23-14(11)17-9-16-13/h2,5-7,9H,3-4,8H2,1H3,(H,15,21)(H,16,17,19). The number of rotatable bonds is 7. The Hall–Kier alpha value is -2.52. The molecule has 3 rings (SSSR count). The van der Waals surface area contributed by atoms with E-state index in [-0.39, 0.29) is 12.5 Å². The molecule has 0 saturated carbocycles. The van der Waals surface area contributed by atoms with Crippen molar-refractivity contribution < 1.29 is 9.53 Å². The van der Waals surface area contributed by atoms with E-state index in [4.69, 9.17) is 4.74 Å². The third kappa shape index (κ3) is 3.82. The lowest BCUT2D eigenvalue weighted by Crippen LogP contribution is -2.30. The number of hydrogen-bond acceptors (Lipinski definition) is 7. The van der Waals surface area contributed by atoms with Gasteiger partial charge >= 0.3 is 0 Å². The number of carbonyl (C=O) groups excluding carboxylic acids is 1. The number of nitrogens with one attached hydrogen (secondary N) is 2. The summed E-state index contributed by atoms with van der Waals surface area (Å²) in [6.07, 6.45) is 4.94. The molecule has 0 unspecified atom stereocenters. The summed E-state index contributed by atoms with van der Waals surface area (Å²) in [7, 11) is 1.59. The minimum absolute atomic E-state index is 0.112. The van der Waals surface area contributed by atoms with E-state index in [2.05, 4.69) is 25.7 Å². The van der Waals surface area contributed by atoms with Crippen molar-refractivity contribution in [1.29, 1.82) is 0 Å². The average molecular weight is 332 g/mol. The molecule has 0 spiro atoms. The molecule has 0 aliphatic carbocycles. The van der Waals surface area contributed by atoms with Gasteiger partial charge in [-0.15, -0.1) is 11.3 Å². The highest BCUT2D eigenvalue weighted by Crippen LogP contribution is 2.26. The zero-order valence-electron chi connectivity index (χ0n) is 12.5. The third-order valence-corrected chi connectivity index (χ3v) is 3.91. The summed E-state index contributed by atoms with van der Waals surface area (Å²) in [6.45, 7) is 1.13. The quantitative estimate of drug-likeness (QED) is 0.635. The summed E-state index contributed by atoms with van der Waals surface area (Å²) >= 11 is 1.56. The zero-order chi connectivity index (χ0) is 16.1. The van der Waals surface area contributed by atoms with Crippen LogP contribution in [-0.4, -0.2) is 45.9 Å². The maximum atomic E-state index is 11.7. The average Bonchev–Trinajstić information content (AvgIpc) is 3.17. The topological polar surface area (TPSA) is 94.0 Å². The lowest BCUT2D eigenvalue weighted by molar-refractivity contribution is -0.122. The van der Waals surface area contributed by atoms with E-state index in [0.717, 1.165) is 21.7 Å². The fourth-order valence-electron chi connectivity index (χ4n) is 2.04. The first-order chi connectivity index (χ1) is 11.3. The summed E-state index contributed by atoms with van der Waals surface area (Å²) < 4.78 is 6.45. The first kappa shape index (κ1) is 15.4. The second kappa shape index (κ2) is 7.16. The van der Waals surface area contributed by atoms with Crippen molar-refractivity contribution in [3.05, 3.63) is 30.2 Å². The predicted molar refractivity (Wildman–Crippen MR) is 87.8 cm³/mol. The van der Waals surface area contributed by atoms with Crippen LogP contribution < -0.4 is 10.6 Å². The number of methoxy groups -OCH3 is 1. The molecule has 9 heteroatoms. The van der Waals surface area contributed by atoms with E-state index >= 15 is 0 Å². The normalized spacial score (nSPS) is 10.8. The SMILES string of the molecule is COCCNC(=O)Cn1cc(Nc2ncnc3sccc23)cn1. The molecule has 120 valence electrons. The van der Waals surface area contributed by atoms with E-state index in [0.29, 0.717) is 13.2 Å². The van der Waals surface area contributed by atoms with E-state index in [9.17, 15) is 4.79 Å². The Balaban J connectivity index is 1.63. The fourth-order valence-corrected chi connectivity index (χ4v) is 2.77. The lowest BCUT2D eigenvalue weighted by atomic mass is 10.4. The van der Waals surface area contributed by atoms with Crippen LogP contribution in [0.2, 0.25) is 0 Å². The van der Waals surface area contributed by atoms with Crippen molar-refractivity contribution in [2.45, 2.75) is 6.54 Å². The van der Waals surface area contributed by atoms with Crippen molar-refractivity contribution >= 4 is 39.0 Å². The Morgan fingerprint density at radius 1 is 1.43 bits per heavy atom. The van der Waals surface area contributed by atoms with Crippen molar-refractivity contribution in [3.63, 3.8) is 0 Å². The van der Waals surface area contributed by atoms with Gasteiger partial charge in [0.15, 0.2) is 0 Å². The smallest absolute Gasteiger partial charge is 0.241 e. The monoisotopic (exact) mass is 332 g/mol. The van der Waals surface area contributed by atoms with Crippen LogP contribution in [0.1, 0.15) is 0 Å². The number of anilines is 2. The second-order valence-electron chi connectivity index (χ2n) is 4.76. The first-order valence-electron chi connectivity index (χ1n) is 6.99. The van der Waals surface area contributed by atoms with Gasteiger partial charge in [0.25, 0.3) is 0 Å². The molecule has 0 saturated heterocycles. The summed E-state index contributed by atoms with van der Waals surface area (Å²) in [4.78, 5) is 21.1. The van der Waals surface area contributed by atoms with Gasteiger partial charge in [-0.2, -0.15) is 5.10 Å². The molecular formula is C14H16N6O2S. The van der Waals surface area contributed by atoms with Crippen LogP contribution in [0.5, 0.6) is 0 Å². The zero-order valence-corrected chi connectivity index (χ0v) is 13.3. The number of carbonyl (C=O) groups is 1. The molecule has 23 heavy (non-hydrogen) atoms.